The average Bonchev–Trinajstić information content (AvgIpc) is 3.35. The number of quaternary nitrogens is 1. The van der Waals surface area contributed by atoms with E-state index in [0.717, 1.165) is 70.6 Å². The minimum absolute atomic E-state index is 0.0173. The van der Waals surface area contributed by atoms with Crippen molar-refractivity contribution in [2.75, 3.05) is 40.9 Å². The normalized spacial score (nSPS) is 14.5. The summed E-state index contributed by atoms with van der Waals surface area (Å²) >= 11 is 0. The molecule has 424 valence electrons. The van der Waals surface area contributed by atoms with Gasteiger partial charge in [0.15, 0.2) is 0 Å². The molecule has 0 fully saturated rings. The molecule has 1 amide bonds. The van der Waals surface area contributed by atoms with Crippen LogP contribution in [0.5, 0.6) is 0 Å². The zero-order chi connectivity index (χ0) is 53.5. The fourth-order valence-electron chi connectivity index (χ4n) is 8.61. The first kappa shape index (κ1) is 70.7. The smallest absolute Gasteiger partial charge is 0.268 e. The van der Waals surface area contributed by atoms with Gasteiger partial charge in [-0.2, -0.15) is 0 Å². The number of hydrogen-bond donors (Lipinski definition) is 2. The van der Waals surface area contributed by atoms with E-state index in [-0.39, 0.29) is 18.9 Å². The number of phosphoric acid groups is 1. The molecule has 0 aromatic carbocycles. The summed E-state index contributed by atoms with van der Waals surface area (Å²) in [5.41, 5.74) is 0. The Bertz CT molecular complexity index is 1460. The maximum absolute atomic E-state index is 12.9. The predicted octanol–water partition coefficient (Wildman–Crippen LogP) is 18.2. The van der Waals surface area contributed by atoms with Crippen LogP contribution < -0.4 is 10.2 Å². The van der Waals surface area contributed by atoms with Crippen LogP contribution in [0.2, 0.25) is 0 Å². The standard InChI is InChI=1S/C64H117N2O6P/c1-6-8-10-12-14-16-18-20-22-24-26-27-28-29-30-31-32-33-34-35-36-37-38-40-41-43-45-47-49-51-53-55-57-63(67)62(61-72-73(69,70)71-60-59-66(3,4)5)65-64(68)58-56-54-52-50-48-46-44-42-39-25-23-21-19-17-15-13-11-9-7-2/h9,11,15,17,21,23,39,42,46-49,55,57,62-63,67H,6-8,10,12-14,16,18-20,22,24-38,40-41,43-45,50-54,56,58-61H2,1-5H3,(H-,65,68,69,70)/b11-9-,17-15-,23-21-,42-39-,48-46-,49-47+,57-55+. The Morgan fingerprint density at radius 2 is 0.849 bits per heavy atom. The molecule has 8 nitrogen and oxygen atoms in total. The van der Waals surface area contributed by atoms with E-state index in [2.05, 4.69) is 92.1 Å². The lowest BCUT2D eigenvalue weighted by Crippen LogP contribution is -2.45. The summed E-state index contributed by atoms with van der Waals surface area (Å²) < 4.78 is 23.3. The number of hydrogen-bond acceptors (Lipinski definition) is 6. The minimum Gasteiger partial charge on any atom is -0.756 e. The van der Waals surface area contributed by atoms with Gasteiger partial charge >= 0.3 is 0 Å². The molecular formula is C64H117N2O6P. The lowest BCUT2D eigenvalue weighted by atomic mass is 10.0. The SMILES string of the molecule is CC/C=C\C/C=C\C/C=C\C/C=C\C/C=C\CCCCCC(=O)NC(COP(=O)([O-])OCC[N+](C)(C)C)C(O)/C=C/CC/C=C/CCCCCCCCCCCCCCCCCCCCCCCCCCCC. The van der Waals surface area contributed by atoms with Crippen molar-refractivity contribution in [1.82, 2.24) is 5.32 Å². The molecule has 3 unspecified atom stereocenters. The summed E-state index contributed by atoms with van der Waals surface area (Å²) in [6.45, 7) is 4.50. The number of allylic oxidation sites excluding steroid dienone is 13. The third kappa shape index (κ3) is 57.2. The molecule has 0 bridgehead atoms. The summed E-state index contributed by atoms with van der Waals surface area (Å²) in [6.07, 6.45) is 76.9. The van der Waals surface area contributed by atoms with Crippen molar-refractivity contribution >= 4 is 13.7 Å². The summed E-state index contributed by atoms with van der Waals surface area (Å²) in [6, 6.07) is -0.928. The average molecular weight is 1040 g/mol. The summed E-state index contributed by atoms with van der Waals surface area (Å²) in [7, 11) is 1.21. The molecule has 73 heavy (non-hydrogen) atoms. The molecule has 0 radical (unpaired) electrons. The van der Waals surface area contributed by atoms with Crippen LogP contribution in [0.3, 0.4) is 0 Å². The van der Waals surface area contributed by atoms with Gasteiger partial charge in [-0.1, -0.05) is 266 Å². The maximum Gasteiger partial charge on any atom is 0.268 e. The third-order valence-electron chi connectivity index (χ3n) is 13.3. The molecule has 9 heteroatoms. The van der Waals surface area contributed by atoms with E-state index in [4.69, 9.17) is 9.05 Å². The van der Waals surface area contributed by atoms with Gasteiger partial charge < -0.3 is 28.8 Å². The Labute approximate surface area is 452 Å². The largest absolute Gasteiger partial charge is 0.756 e. The van der Waals surface area contributed by atoms with E-state index in [0.29, 0.717) is 17.4 Å². The molecule has 3 atom stereocenters. The van der Waals surface area contributed by atoms with Crippen LogP contribution >= 0.6 is 7.82 Å². The Kier molecular flexibility index (Phi) is 52.7. The van der Waals surface area contributed by atoms with Gasteiger partial charge in [0.1, 0.15) is 13.2 Å². The monoisotopic (exact) mass is 1040 g/mol. The van der Waals surface area contributed by atoms with Gasteiger partial charge in [0.25, 0.3) is 7.82 Å². The highest BCUT2D eigenvalue weighted by atomic mass is 31.2. The minimum atomic E-state index is -4.62. The third-order valence-corrected chi connectivity index (χ3v) is 14.3. The highest BCUT2D eigenvalue weighted by Gasteiger charge is 2.23. The van der Waals surface area contributed by atoms with Gasteiger partial charge in [0, 0.05) is 6.42 Å². The van der Waals surface area contributed by atoms with Crippen LogP contribution in [-0.2, 0) is 18.4 Å². The molecule has 0 rings (SSSR count). The maximum atomic E-state index is 12.9. The zero-order valence-corrected chi connectivity index (χ0v) is 49.2. The van der Waals surface area contributed by atoms with E-state index in [1.54, 1.807) is 6.08 Å². The van der Waals surface area contributed by atoms with Gasteiger partial charge in [0.2, 0.25) is 5.91 Å². The number of rotatable bonds is 55. The number of nitrogens with one attached hydrogen (secondary N) is 1. The Balaban J connectivity index is 4.20. The molecule has 0 heterocycles. The van der Waals surface area contributed by atoms with Gasteiger partial charge in [-0.3, -0.25) is 9.36 Å². The van der Waals surface area contributed by atoms with Crippen molar-refractivity contribution in [1.29, 1.82) is 0 Å². The topological polar surface area (TPSA) is 108 Å². The van der Waals surface area contributed by atoms with Gasteiger partial charge in [0.05, 0.1) is 39.9 Å². The molecule has 0 aromatic rings. The molecular weight excluding hydrogens is 924 g/mol. The van der Waals surface area contributed by atoms with Crippen molar-refractivity contribution in [3.8, 4) is 0 Å². The number of likely N-dealkylation sites (N-methyl/N-ethyl adjacent to an activating group) is 1. The molecule has 0 aliphatic carbocycles. The van der Waals surface area contributed by atoms with E-state index in [1.165, 1.54) is 167 Å². The Hall–Kier alpha value is -2.32. The van der Waals surface area contributed by atoms with Crippen LogP contribution in [0.15, 0.2) is 85.1 Å². The first-order valence-electron chi connectivity index (χ1n) is 30.4. The number of nitrogens with zero attached hydrogens (tertiary/aromatic N) is 1. The van der Waals surface area contributed by atoms with Crippen LogP contribution in [0.1, 0.15) is 264 Å². The van der Waals surface area contributed by atoms with Crippen molar-refractivity contribution in [3.63, 3.8) is 0 Å². The number of carbonyl (C=O) groups excluding carboxylic acids is 1. The lowest BCUT2D eigenvalue weighted by molar-refractivity contribution is -0.870. The summed E-state index contributed by atoms with van der Waals surface area (Å²) in [5, 5.41) is 13.9. The molecule has 0 saturated heterocycles. The van der Waals surface area contributed by atoms with Gasteiger partial charge in [-0.15, -0.1) is 0 Å². The molecule has 0 saturated carbocycles. The van der Waals surface area contributed by atoms with E-state index in [1.807, 2.05) is 27.2 Å². The number of phosphoric ester groups is 1. The highest BCUT2D eigenvalue weighted by Crippen LogP contribution is 2.38. The number of amides is 1. The number of unbranched alkanes of at least 4 members (excludes halogenated alkanes) is 30. The van der Waals surface area contributed by atoms with Gasteiger partial charge in [-0.05, 0) is 77.0 Å². The number of aliphatic hydroxyl groups excluding tert-OH is 1. The van der Waals surface area contributed by atoms with Crippen LogP contribution in [0.25, 0.3) is 0 Å². The molecule has 0 spiro atoms. The fraction of sp³-hybridized carbons (Fsp3) is 0.766. The van der Waals surface area contributed by atoms with Gasteiger partial charge in [-0.25, -0.2) is 0 Å². The quantitative estimate of drug-likeness (QED) is 0.0272. The highest BCUT2D eigenvalue weighted by molar-refractivity contribution is 7.45. The summed E-state index contributed by atoms with van der Waals surface area (Å²) in [5.74, 6) is -0.239. The predicted molar refractivity (Wildman–Crippen MR) is 316 cm³/mol. The first-order valence-corrected chi connectivity index (χ1v) is 31.9. The van der Waals surface area contributed by atoms with Crippen molar-refractivity contribution in [2.45, 2.75) is 276 Å². The summed E-state index contributed by atoms with van der Waals surface area (Å²) in [4.78, 5) is 25.5. The van der Waals surface area contributed by atoms with Crippen molar-refractivity contribution in [3.05, 3.63) is 85.1 Å². The van der Waals surface area contributed by atoms with Crippen LogP contribution in [0, 0.1) is 0 Å². The molecule has 2 N–H and O–H groups in total. The second-order valence-electron chi connectivity index (χ2n) is 21.7. The Morgan fingerprint density at radius 1 is 0.493 bits per heavy atom. The molecule has 0 aliphatic heterocycles. The van der Waals surface area contributed by atoms with Crippen molar-refractivity contribution in [2.24, 2.45) is 0 Å². The second-order valence-corrected chi connectivity index (χ2v) is 23.1. The number of aliphatic hydroxyl groups is 1. The lowest BCUT2D eigenvalue weighted by Gasteiger charge is -2.29. The Morgan fingerprint density at radius 3 is 1.27 bits per heavy atom. The van der Waals surface area contributed by atoms with Crippen LogP contribution in [0.4, 0.5) is 0 Å². The fourth-order valence-corrected chi connectivity index (χ4v) is 9.33. The van der Waals surface area contributed by atoms with Crippen LogP contribution in [-0.4, -0.2) is 68.5 Å². The van der Waals surface area contributed by atoms with E-state index in [9.17, 15) is 19.4 Å². The van der Waals surface area contributed by atoms with Crippen molar-refractivity contribution < 1.29 is 32.9 Å². The zero-order valence-electron chi connectivity index (χ0n) is 48.3. The van der Waals surface area contributed by atoms with E-state index >= 15 is 0 Å². The molecule has 0 aliphatic rings. The second kappa shape index (κ2) is 54.5. The van der Waals surface area contributed by atoms with E-state index < -0.39 is 26.6 Å². The number of carbonyl (C=O) groups is 1. The first-order chi connectivity index (χ1) is 35.5. The molecule has 0 aromatic heterocycles.